The number of aromatic nitrogens is 2. The van der Waals surface area contributed by atoms with E-state index in [1.54, 1.807) is 0 Å². The van der Waals surface area contributed by atoms with Gasteiger partial charge in [0.1, 0.15) is 5.65 Å². The molecule has 0 spiro atoms. The van der Waals surface area contributed by atoms with Crippen molar-refractivity contribution in [2.45, 2.75) is 32.4 Å². The normalized spacial score (nSPS) is 20.0. The van der Waals surface area contributed by atoms with Gasteiger partial charge in [-0.3, -0.25) is 0 Å². The van der Waals surface area contributed by atoms with Crippen molar-refractivity contribution in [1.29, 1.82) is 0 Å². The first-order valence-electron chi connectivity index (χ1n) is 8.70. The van der Waals surface area contributed by atoms with Gasteiger partial charge in [0.2, 0.25) is 0 Å². The summed E-state index contributed by atoms with van der Waals surface area (Å²) in [6.07, 6.45) is 6.22. The highest BCUT2D eigenvalue weighted by molar-refractivity contribution is 5.84. The molecule has 2 aliphatic rings. The van der Waals surface area contributed by atoms with Gasteiger partial charge in [-0.25, -0.2) is 4.98 Å². The molecule has 5 rings (SSSR count). The van der Waals surface area contributed by atoms with Gasteiger partial charge in [-0.05, 0) is 66.3 Å². The fraction of sp³-hybridized carbons (Fsp3) is 0.350. The molecule has 2 aromatic heterocycles. The smallest absolute Gasteiger partial charge is 0.137 e. The van der Waals surface area contributed by atoms with Gasteiger partial charge in [0, 0.05) is 29.4 Å². The van der Waals surface area contributed by atoms with Crippen molar-refractivity contribution in [3.05, 3.63) is 52.8 Å². The fourth-order valence-corrected chi connectivity index (χ4v) is 3.84. The van der Waals surface area contributed by atoms with Crippen LogP contribution in [0.15, 0.2) is 30.6 Å². The van der Waals surface area contributed by atoms with E-state index in [9.17, 15) is 0 Å². The number of ether oxygens (including phenoxy) is 1. The van der Waals surface area contributed by atoms with Crippen molar-refractivity contribution in [2.24, 2.45) is 0 Å². The molecule has 4 nitrogen and oxygen atoms in total. The lowest BCUT2D eigenvalue weighted by atomic mass is 9.86. The molecule has 0 radical (unpaired) electrons. The second-order valence-corrected chi connectivity index (χ2v) is 6.89. The third kappa shape index (κ3) is 2.18. The summed E-state index contributed by atoms with van der Waals surface area (Å²) in [7, 11) is 0. The van der Waals surface area contributed by atoms with Crippen LogP contribution in [0.5, 0.6) is 0 Å². The third-order valence-electron chi connectivity index (χ3n) is 5.41. The minimum atomic E-state index is 0.478. The van der Waals surface area contributed by atoms with Gasteiger partial charge in [-0.2, -0.15) is 0 Å². The summed E-state index contributed by atoms with van der Waals surface area (Å²) in [5, 5.41) is 4.75. The van der Waals surface area contributed by atoms with Gasteiger partial charge in [0.25, 0.3) is 0 Å². The molecule has 1 aromatic carbocycles. The minimum absolute atomic E-state index is 0.478. The average Bonchev–Trinajstić information content (AvgIpc) is 2.94. The van der Waals surface area contributed by atoms with Gasteiger partial charge in [-0.15, -0.1) is 0 Å². The number of fused-ring (bicyclic) bond motifs is 2. The van der Waals surface area contributed by atoms with Crippen LogP contribution in [0.25, 0.3) is 22.2 Å². The van der Waals surface area contributed by atoms with Crippen LogP contribution in [0, 0.1) is 6.92 Å². The van der Waals surface area contributed by atoms with Crippen LogP contribution < -0.4 is 5.32 Å². The largest absolute Gasteiger partial charge is 0.376 e. The fourth-order valence-electron chi connectivity index (χ4n) is 3.84. The average molecular weight is 319 g/mol. The molecule has 0 bridgehead atoms. The molecule has 24 heavy (non-hydrogen) atoms. The van der Waals surface area contributed by atoms with E-state index in [-0.39, 0.29) is 0 Å². The summed E-state index contributed by atoms with van der Waals surface area (Å²) in [6.45, 7) is 4.80. The minimum Gasteiger partial charge on any atom is -0.376 e. The molecular weight excluding hydrogens is 298 g/mol. The summed E-state index contributed by atoms with van der Waals surface area (Å²) in [6, 6.07) is 7.42. The Morgan fingerprint density at radius 3 is 2.96 bits per heavy atom. The summed E-state index contributed by atoms with van der Waals surface area (Å²) in [5.74, 6) is 0. The summed E-state index contributed by atoms with van der Waals surface area (Å²) in [5.41, 5.74) is 8.92. The topological polar surface area (TPSA) is 49.9 Å². The van der Waals surface area contributed by atoms with Crippen molar-refractivity contribution < 1.29 is 4.74 Å². The molecule has 0 aliphatic carbocycles. The number of rotatable bonds is 2. The highest BCUT2D eigenvalue weighted by Gasteiger charge is 2.25. The molecule has 0 amide bonds. The molecule has 1 atom stereocenters. The Kier molecular flexibility index (Phi) is 3.21. The number of H-pyrrole nitrogens is 1. The number of benzene rings is 1. The Hall–Kier alpha value is -2.17. The second kappa shape index (κ2) is 5.43. The zero-order chi connectivity index (χ0) is 16.1. The van der Waals surface area contributed by atoms with Crippen LogP contribution in [-0.2, 0) is 17.8 Å². The van der Waals surface area contributed by atoms with Crippen LogP contribution in [0.3, 0.4) is 0 Å². The number of nitrogens with zero attached hydrogens (tertiary/aromatic N) is 1. The van der Waals surface area contributed by atoms with Crippen molar-refractivity contribution in [3.63, 3.8) is 0 Å². The maximum Gasteiger partial charge on any atom is 0.137 e. The molecule has 2 N–H and O–H groups in total. The van der Waals surface area contributed by atoms with Crippen LogP contribution in [0.1, 0.15) is 34.7 Å². The molecule has 4 heteroatoms. The lowest BCUT2D eigenvalue weighted by molar-refractivity contribution is 0.109. The predicted octanol–water partition coefficient (Wildman–Crippen LogP) is 3.65. The number of aryl methyl sites for hydroxylation is 1. The quantitative estimate of drug-likeness (QED) is 0.758. The van der Waals surface area contributed by atoms with Gasteiger partial charge in [-0.1, -0.05) is 6.07 Å². The molecule has 122 valence electrons. The van der Waals surface area contributed by atoms with E-state index in [0.717, 1.165) is 31.8 Å². The number of aromatic amines is 1. The van der Waals surface area contributed by atoms with E-state index in [2.05, 4.69) is 40.4 Å². The number of hydrogen-bond donors (Lipinski definition) is 2. The van der Waals surface area contributed by atoms with Crippen LogP contribution in [0.4, 0.5) is 0 Å². The van der Waals surface area contributed by atoms with Crippen molar-refractivity contribution >= 4 is 11.0 Å². The zero-order valence-electron chi connectivity index (χ0n) is 13.9. The molecule has 1 unspecified atom stereocenters. The second-order valence-electron chi connectivity index (χ2n) is 6.89. The van der Waals surface area contributed by atoms with E-state index >= 15 is 0 Å². The molecule has 2 aliphatic heterocycles. The van der Waals surface area contributed by atoms with Crippen LogP contribution in [0.2, 0.25) is 0 Å². The maximum atomic E-state index is 5.72. The highest BCUT2D eigenvalue weighted by atomic mass is 16.5. The summed E-state index contributed by atoms with van der Waals surface area (Å²) >= 11 is 0. The molecule has 4 heterocycles. The lowest BCUT2D eigenvalue weighted by Gasteiger charge is -2.32. The third-order valence-corrected chi connectivity index (χ3v) is 5.41. The van der Waals surface area contributed by atoms with Gasteiger partial charge >= 0.3 is 0 Å². The molecule has 3 aromatic rings. The first-order valence-corrected chi connectivity index (χ1v) is 8.70. The van der Waals surface area contributed by atoms with E-state index in [0.29, 0.717) is 6.04 Å². The Bertz CT molecular complexity index is 924. The van der Waals surface area contributed by atoms with Gasteiger partial charge in [0.05, 0.1) is 13.2 Å². The Morgan fingerprint density at radius 2 is 2.12 bits per heavy atom. The molecule has 1 fully saturated rings. The van der Waals surface area contributed by atoms with Crippen molar-refractivity contribution in [3.8, 4) is 11.1 Å². The van der Waals surface area contributed by atoms with E-state index < -0.39 is 0 Å². The van der Waals surface area contributed by atoms with Crippen molar-refractivity contribution in [2.75, 3.05) is 13.2 Å². The van der Waals surface area contributed by atoms with Crippen molar-refractivity contribution in [1.82, 2.24) is 15.3 Å². The SMILES string of the molecule is Cc1c[nH]c2ncc(-c3cc4c(c(C5CCN5)c3)COCC4)cc12. The first kappa shape index (κ1) is 14.2. The molecule has 1 saturated heterocycles. The zero-order valence-corrected chi connectivity index (χ0v) is 13.9. The van der Waals surface area contributed by atoms with Crippen LogP contribution >= 0.6 is 0 Å². The van der Waals surface area contributed by atoms with Crippen LogP contribution in [-0.4, -0.2) is 23.1 Å². The van der Waals surface area contributed by atoms with Gasteiger partial charge in [0.15, 0.2) is 0 Å². The summed E-state index contributed by atoms with van der Waals surface area (Å²) in [4.78, 5) is 7.83. The summed E-state index contributed by atoms with van der Waals surface area (Å²) < 4.78 is 5.72. The lowest BCUT2D eigenvalue weighted by Crippen LogP contribution is -2.36. The number of hydrogen-bond acceptors (Lipinski definition) is 3. The van der Waals surface area contributed by atoms with E-state index in [4.69, 9.17) is 4.74 Å². The van der Waals surface area contributed by atoms with Gasteiger partial charge < -0.3 is 15.0 Å². The number of nitrogens with one attached hydrogen (secondary N) is 2. The Balaban J connectivity index is 1.67. The predicted molar refractivity (Wildman–Crippen MR) is 95.0 cm³/mol. The molecular formula is C20H21N3O. The maximum absolute atomic E-state index is 5.72. The molecule has 0 saturated carbocycles. The monoisotopic (exact) mass is 319 g/mol. The van der Waals surface area contributed by atoms with E-state index in [1.807, 2.05) is 12.4 Å². The van der Waals surface area contributed by atoms with E-state index in [1.165, 1.54) is 45.2 Å². The number of pyridine rings is 1. The highest BCUT2D eigenvalue weighted by Crippen LogP contribution is 2.35. The standard InChI is InChI=1S/C20H21N3O/c1-12-9-22-20-16(12)8-15(10-23-20)14-6-13-3-5-24-11-18(13)17(7-14)19-2-4-21-19/h6-10,19,21H,2-5,11H2,1H3,(H,22,23). The first-order chi connectivity index (χ1) is 11.8. The Labute approximate surface area is 141 Å². The Morgan fingerprint density at radius 1 is 1.21 bits per heavy atom.